The Kier molecular flexibility index (Phi) is 6.14. The molecule has 0 aliphatic carbocycles. The van der Waals surface area contributed by atoms with Crippen molar-refractivity contribution in [1.82, 2.24) is 9.97 Å². The lowest BCUT2D eigenvalue weighted by molar-refractivity contribution is -0.670. The van der Waals surface area contributed by atoms with Crippen LogP contribution in [0.4, 0.5) is 0 Å². The lowest BCUT2D eigenvalue weighted by Crippen LogP contribution is -2.82. The van der Waals surface area contributed by atoms with Gasteiger partial charge in [-0.1, -0.05) is 35.5 Å². The number of nitrogens with two attached hydrogens (primary N) is 1. The monoisotopic (exact) mass is 294 g/mol. The van der Waals surface area contributed by atoms with E-state index in [0.29, 0.717) is 0 Å². The number of quaternary nitrogens is 1. The van der Waals surface area contributed by atoms with E-state index in [-0.39, 0.29) is 0 Å². The molecule has 1 aromatic carbocycles. The molecule has 0 aliphatic rings. The molecule has 19 heavy (non-hydrogen) atoms. The number of benzene rings is 1. The Balaban J connectivity index is 1.56. The van der Waals surface area contributed by atoms with Gasteiger partial charge in [-0.2, -0.15) is 0 Å². The van der Waals surface area contributed by atoms with E-state index < -0.39 is 0 Å². The Labute approximate surface area is 122 Å². The van der Waals surface area contributed by atoms with Gasteiger partial charge in [-0.3, -0.25) is 0 Å². The Hall–Kier alpha value is -1.10. The van der Waals surface area contributed by atoms with Crippen LogP contribution in [0.3, 0.4) is 0 Å². The number of nitrogens with zero attached hydrogens (tertiary/aromatic N) is 2. The first-order valence-electron chi connectivity index (χ1n) is 6.30. The summed E-state index contributed by atoms with van der Waals surface area (Å²) >= 11 is 7.56. The Morgan fingerprint density at radius 2 is 1.84 bits per heavy atom. The molecule has 0 unspecified atom stereocenters. The standard InChI is InChI=1S/C14H16ClN3S/c15-13-5-3-12(4-6-13)11-16-7-2-10-19-14-17-8-1-9-18-14/h1,3-6,8-9,16H,2,7,10-11H2/p+1. The van der Waals surface area contributed by atoms with Crippen molar-refractivity contribution < 1.29 is 5.32 Å². The third kappa shape index (κ3) is 5.59. The Bertz CT molecular complexity index is 476. The van der Waals surface area contributed by atoms with Gasteiger partial charge in [0.05, 0.1) is 6.54 Å². The van der Waals surface area contributed by atoms with E-state index in [1.165, 1.54) is 5.56 Å². The molecule has 0 saturated heterocycles. The number of rotatable bonds is 7. The summed E-state index contributed by atoms with van der Waals surface area (Å²) in [5.41, 5.74) is 1.31. The van der Waals surface area contributed by atoms with Crippen LogP contribution in [0.15, 0.2) is 47.9 Å². The second-order valence-electron chi connectivity index (χ2n) is 4.14. The Morgan fingerprint density at radius 3 is 2.58 bits per heavy atom. The van der Waals surface area contributed by atoms with Crippen LogP contribution in [0.2, 0.25) is 5.02 Å². The quantitative estimate of drug-likeness (QED) is 0.484. The van der Waals surface area contributed by atoms with Crippen LogP contribution in [0, 0.1) is 0 Å². The maximum Gasteiger partial charge on any atom is 0.187 e. The minimum Gasteiger partial charge on any atom is -0.342 e. The molecule has 0 fully saturated rings. The molecular weight excluding hydrogens is 278 g/mol. The van der Waals surface area contributed by atoms with Gasteiger partial charge < -0.3 is 5.32 Å². The summed E-state index contributed by atoms with van der Waals surface area (Å²) in [5, 5.41) is 3.97. The summed E-state index contributed by atoms with van der Waals surface area (Å²) in [6.45, 7) is 2.12. The average Bonchev–Trinajstić information content (AvgIpc) is 2.46. The predicted octanol–water partition coefficient (Wildman–Crippen LogP) is 2.38. The van der Waals surface area contributed by atoms with Crippen molar-refractivity contribution in [2.24, 2.45) is 0 Å². The maximum atomic E-state index is 5.85. The molecule has 0 saturated carbocycles. The molecule has 0 radical (unpaired) electrons. The van der Waals surface area contributed by atoms with Crippen LogP contribution in [-0.4, -0.2) is 22.3 Å². The Morgan fingerprint density at radius 1 is 1.11 bits per heavy atom. The molecular formula is C14H17ClN3S+. The van der Waals surface area contributed by atoms with Crippen molar-refractivity contribution in [3.05, 3.63) is 53.3 Å². The van der Waals surface area contributed by atoms with Gasteiger partial charge in [0.15, 0.2) is 5.16 Å². The molecule has 2 aromatic rings. The molecule has 1 heterocycles. The van der Waals surface area contributed by atoms with Crippen molar-refractivity contribution in [2.75, 3.05) is 12.3 Å². The van der Waals surface area contributed by atoms with Crippen LogP contribution in [0.25, 0.3) is 0 Å². The molecule has 1 aromatic heterocycles. The van der Waals surface area contributed by atoms with Crippen molar-refractivity contribution in [2.45, 2.75) is 18.1 Å². The summed E-state index contributed by atoms with van der Waals surface area (Å²) < 4.78 is 0. The van der Waals surface area contributed by atoms with Crippen molar-refractivity contribution in [3.8, 4) is 0 Å². The number of aromatic nitrogens is 2. The van der Waals surface area contributed by atoms with Crippen molar-refractivity contribution in [3.63, 3.8) is 0 Å². The SMILES string of the molecule is Clc1ccc(C[NH2+]CCCSc2ncccn2)cc1. The molecule has 5 heteroatoms. The predicted molar refractivity (Wildman–Crippen MR) is 79.3 cm³/mol. The van der Waals surface area contributed by atoms with E-state index in [1.807, 2.05) is 18.2 Å². The van der Waals surface area contributed by atoms with E-state index in [2.05, 4.69) is 27.4 Å². The highest BCUT2D eigenvalue weighted by Crippen LogP contribution is 2.11. The molecule has 0 spiro atoms. The van der Waals surface area contributed by atoms with Crippen LogP contribution < -0.4 is 5.32 Å². The van der Waals surface area contributed by atoms with Gasteiger partial charge >= 0.3 is 0 Å². The minimum absolute atomic E-state index is 0.794. The second-order valence-corrected chi connectivity index (χ2v) is 5.64. The average molecular weight is 295 g/mol. The third-order valence-electron chi connectivity index (χ3n) is 2.62. The van der Waals surface area contributed by atoms with Crippen molar-refractivity contribution in [1.29, 1.82) is 0 Å². The van der Waals surface area contributed by atoms with E-state index in [0.717, 1.165) is 35.4 Å². The zero-order valence-electron chi connectivity index (χ0n) is 10.6. The molecule has 0 atom stereocenters. The summed E-state index contributed by atoms with van der Waals surface area (Å²) in [5.74, 6) is 1.06. The summed E-state index contributed by atoms with van der Waals surface area (Å²) in [6, 6.07) is 9.86. The van der Waals surface area contributed by atoms with Gasteiger partial charge in [0, 0.05) is 35.2 Å². The molecule has 2 N–H and O–H groups in total. The first-order valence-corrected chi connectivity index (χ1v) is 7.67. The lowest BCUT2D eigenvalue weighted by Gasteiger charge is -2.02. The number of hydrogen-bond acceptors (Lipinski definition) is 3. The summed E-state index contributed by atoms with van der Waals surface area (Å²) in [7, 11) is 0. The molecule has 100 valence electrons. The van der Waals surface area contributed by atoms with Crippen LogP contribution in [0.5, 0.6) is 0 Å². The normalized spacial score (nSPS) is 10.6. The van der Waals surface area contributed by atoms with Crippen LogP contribution >= 0.6 is 23.4 Å². The van der Waals surface area contributed by atoms with Gasteiger partial charge in [-0.05, 0) is 18.2 Å². The van der Waals surface area contributed by atoms with Crippen molar-refractivity contribution >= 4 is 23.4 Å². The molecule has 3 nitrogen and oxygen atoms in total. The molecule has 2 rings (SSSR count). The fourth-order valence-electron chi connectivity index (χ4n) is 1.64. The van der Waals surface area contributed by atoms with E-state index in [4.69, 9.17) is 11.6 Å². The fourth-order valence-corrected chi connectivity index (χ4v) is 2.53. The third-order valence-corrected chi connectivity index (χ3v) is 3.83. The van der Waals surface area contributed by atoms with Gasteiger partial charge in [0.1, 0.15) is 6.54 Å². The van der Waals surface area contributed by atoms with Gasteiger partial charge in [0.25, 0.3) is 0 Å². The summed E-state index contributed by atoms with van der Waals surface area (Å²) in [4.78, 5) is 8.36. The zero-order valence-corrected chi connectivity index (χ0v) is 12.2. The molecule has 0 bridgehead atoms. The highest BCUT2D eigenvalue weighted by molar-refractivity contribution is 7.99. The van der Waals surface area contributed by atoms with Gasteiger partial charge in [-0.15, -0.1) is 0 Å². The van der Waals surface area contributed by atoms with Gasteiger partial charge in [-0.25, -0.2) is 9.97 Å². The minimum atomic E-state index is 0.794. The number of halogens is 1. The molecule has 0 aliphatic heterocycles. The topological polar surface area (TPSA) is 42.4 Å². The van der Waals surface area contributed by atoms with E-state index >= 15 is 0 Å². The van der Waals surface area contributed by atoms with Crippen LogP contribution in [-0.2, 0) is 6.54 Å². The zero-order chi connectivity index (χ0) is 13.3. The number of thioether (sulfide) groups is 1. The largest absolute Gasteiger partial charge is 0.342 e. The highest BCUT2D eigenvalue weighted by atomic mass is 35.5. The van der Waals surface area contributed by atoms with E-state index in [9.17, 15) is 0 Å². The van der Waals surface area contributed by atoms with E-state index in [1.54, 1.807) is 24.2 Å². The highest BCUT2D eigenvalue weighted by Gasteiger charge is 1.98. The number of hydrogen-bond donors (Lipinski definition) is 1. The second kappa shape index (κ2) is 8.15. The fraction of sp³-hybridized carbons (Fsp3) is 0.286. The first-order chi connectivity index (χ1) is 9.34. The van der Waals surface area contributed by atoms with Crippen LogP contribution in [0.1, 0.15) is 12.0 Å². The molecule has 0 amide bonds. The smallest absolute Gasteiger partial charge is 0.187 e. The lowest BCUT2D eigenvalue weighted by atomic mass is 10.2. The van der Waals surface area contributed by atoms with Gasteiger partial charge in [0.2, 0.25) is 0 Å². The summed E-state index contributed by atoms with van der Waals surface area (Å²) in [6.07, 6.45) is 4.71. The first kappa shape index (κ1) is 14.3. The maximum absolute atomic E-state index is 5.85.